The third-order valence-corrected chi connectivity index (χ3v) is 5.48. The summed E-state index contributed by atoms with van der Waals surface area (Å²) in [6.07, 6.45) is 0.0445. The zero-order valence-electron chi connectivity index (χ0n) is 16.4. The van der Waals surface area contributed by atoms with E-state index < -0.39 is 6.10 Å². The lowest BCUT2D eigenvalue weighted by Crippen LogP contribution is -2.32. The molecule has 1 unspecified atom stereocenters. The first-order valence-corrected chi connectivity index (χ1v) is 10.2. The van der Waals surface area contributed by atoms with E-state index in [1.807, 2.05) is 81.4 Å². The van der Waals surface area contributed by atoms with E-state index in [0.29, 0.717) is 6.42 Å². The van der Waals surface area contributed by atoms with E-state index >= 15 is 0 Å². The Morgan fingerprint density at radius 3 is 2.46 bits per heavy atom. The fraction of sp³-hybridized carbons (Fsp3) is 0.208. The molecule has 0 fully saturated rings. The van der Waals surface area contributed by atoms with Crippen LogP contribution in [-0.2, 0) is 4.79 Å². The summed E-state index contributed by atoms with van der Waals surface area (Å²) in [5, 5.41) is 3.05. The van der Waals surface area contributed by atoms with Crippen molar-refractivity contribution < 1.29 is 9.53 Å². The van der Waals surface area contributed by atoms with Crippen molar-refractivity contribution in [2.75, 3.05) is 5.32 Å². The molecule has 0 spiro atoms. The fourth-order valence-corrected chi connectivity index (χ4v) is 3.72. The van der Waals surface area contributed by atoms with E-state index in [2.05, 4.69) is 17.4 Å². The predicted molar refractivity (Wildman–Crippen MR) is 116 cm³/mol. The molecule has 3 aromatic carbocycles. The lowest BCUT2D eigenvalue weighted by atomic mass is 10.1. The second-order valence-corrected chi connectivity index (χ2v) is 7.80. The van der Waals surface area contributed by atoms with Crippen molar-refractivity contribution in [3.05, 3.63) is 83.9 Å². The van der Waals surface area contributed by atoms with Gasteiger partial charge in [0.1, 0.15) is 5.75 Å². The molecule has 28 heavy (non-hydrogen) atoms. The number of hydrogen-bond donors (Lipinski definition) is 1. The number of benzene rings is 3. The number of aryl methyl sites for hydroxylation is 2. The summed E-state index contributed by atoms with van der Waals surface area (Å²) >= 11 is 1.63. The molecule has 3 nitrogen and oxygen atoms in total. The maximum absolute atomic E-state index is 12.9. The second-order valence-electron chi connectivity index (χ2n) is 6.68. The minimum Gasteiger partial charge on any atom is -0.480 e. The van der Waals surface area contributed by atoms with E-state index in [1.54, 1.807) is 11.8 Å². The molecular formula is C24H25NO2S. The van der Waals surface area contributed by atoms with E-state index in [9.17, 15) is 4.79 Å². The average molecular weight is 392 g/mol. The molecule has 4 heteroatoms. The molecule has 3 rings (SSSR count). The molecule has 0 saturated heterocycles. The molecule has 0 saturated carbocycles. The number of carbonyl (C=O) groups is 1. The number of carbonyl (C=O) groups excluding carboxylic acids is 1. The molecule has 0 aliphatic carbocycles. The van der Waals surface area contributed by atoms with Crippen molar-refractivity contribution in [2.45, 2.75) is 43.1 Å². The molecule has 0 aliphatic heterocycles. The van der Waals surface area contributed by atoms with Gasteiger partial charge in [-0.25, -0.2) is 0 Å². The number of ether oxygens (including phenoxy) is 1. The van der Waals surface area contributed by atoms with Crippen molar-refractivity contribution in [3.63, 3.8) is 0 Å². The molecule has 1 atom stereocenters. The Morgan fingerprint density at radius 2 is 1.71 bits per heavy atom. The molecule has 0 heterocycles. The number of anilines is 1. The van der Waals surface area contributed by atoms with Crippen LogP contribution >= 0.6 is 11.8 Å². The highest BCUT2D eigenvalue weighted by Crippen LogP contribution is 2.33. The van der Waals surface area contributed by atoms with Gasteiger partial charge in [-0.15, -0.1) is 0 Å². The molecular weight excluding hydrogens is 366 g/mol. The van der Waals surface area contributed by atoms with Gasteiger partial charge in [0.25, 0.3) is 5.91 Å². The number of nitrogens with one attached hydrogen (secondary N) is 1. The van der Waals surface area contributed by atoms with Gasteiger partial charge in [0.15, 0.2) is 6.10 Å². The van der Waals surface area contributed by atoms with Gasteiger partial charge in [-0.3, -0.25) is 4.79 Å². The van der Waals surface area contributed by atoms with E-state index in [1.165, 1.54) is 0 Å². The summed E-state index contributed by atoms with van der Waals surface area (Å²) in [4.78, 5) is 15.0. The van der Waals surface area contributed by atoms with Crippen LogP contribution in [0.15, 0.2) is 82.6 Å². The highest BCUT2D eigenvalue weighted by molar-refractivity contribution is 7.99. The van der Waals surface area contributed by atoms with Crippen molar-refractivity contribution in [2.24, 2.45) is 0 Å². The summed E-state index contributed by atoms with van der Waals surface area (Å²) < 4.78 is 6.05. The Balaban J connectivity index is 1.75. The summed E-state index contributed by atoms with van der Waals surface area (Å²) in [6, 6.07) is 24.0. The fourth-order valence-electron chi connectivity index (χ4n) is 2.80. The minimum absolute atomic E-state index is 0.135. The molecule has 0 aliphatic rings. The lowest BCUT2D eigenvalue weighted by Gasteiger charge is -2.20. The third-order valence-electron chi connectivity index (χ3n) is 4.39. The molecule has 0 bridgehead atoms. The number of amides is 1. The Kier molecular flexibility index (Phi) is 6.77. The minimum atomic E-state index is -0.546. The van der Waals surface area contributed by atoms with Gasteiger partial charge in [0.05, 0.1) is 5.69 Å². The second kappa shape index (κ2) is 9.47. The molecule has 1 amide bonds. The van der Waals surface area contributed by atoms with Gasteiger partial charge in [-0.2, -0.15) is 0 Å². The normalized spacial score (nSPS) is 11.7. The van der Waals surface area contributed by atoms with Crippen LogP contribution in [0.1, 0.15) is 24.5 Å². The summed E-state index contributed by atoms with van der Waals surface area (Å²) in [7, 11) is 0. The van der Waals surface area contributed by atoms with Crippen molar-refractivity contribution in [1.29, 1.82) is 0 Å². The van der Waals surface area contributed by atoms with Crippen LogP contribution in [-0.4, -0.2) is 12.0 Å². The first-order chi connectivity index (χ1) is 13.6. The van der Waals surface area contributed by atoms with E-state index in [-0.39, 0.29) is 5.91 Å². The largest absolute Gasteiger partial charge is 0.480 e. The maximum Gasteiger partial charge on any atom is 0.265 e. The molecule has 1 N–H and O–H groups in total. The highest BCUT2D eigenvalue weighted by atomic mass is 32.2. The monoisotopic (exact) mass is 391 g/mol. The van der Waals surface area contributed by atoms with E-state index in [4.69, 9.17) is 4.74 Å². The van der Waals surface area contributed by atoms with Gasteiger partial charge in [0, 0.05) is 9.79 Å². The van der Waals surface area contributed by atoms with E-state index in [0.717, 1.165) is 32.4 Å². The average Bonchev–Trinajstić information content (AvgIpc) is 2.70. The van der Waals surface area contributed by atoms with Crippen LogP contribution in [0.25, 0.3) is 0 Å². The van der Waals surface area contributed by atoms with Crippen LogP contribution in [0.5, 0.6) is 5.75 Å². The van der Waals surface area contributed by atoms with Crippen molar-refractivity contribution >= 4 is 23.4 Å². The Labute approximate surface area is 171 Å². The summed E-state index contributed by atoms with van der Waals surface area (Å²) in [5.41, 5.74) is 2.93. The molecule has 144 valence electrons. The van der Waals surface area contributed by atoms with Crippen LogP contribution in [0.2, 0.25) is 0 Å². The van der Waals surface area contributed by atoms with Gasteiger partial charge in [0.2, 0.25) is 0 Å². The zero-order chi connectivity index (χ0) is 19.9. The van der Waals surface area contributed by atoms with Gasteiger partial charge >= 0.3 is 0 Å². The van der Waals surface area contributed by atoms with Gasteiger partial charge in [-0.1, -0.05) is 61.2 Å². The van der Waals surface area contributed by atoms with Crippen LogP contribution in [0.4, 0.5) is 5.69 Å². The first-order valence-electron chi connectivity index (χ1n) is 9.43. The Bertz CT molecular complexity index is 940. The van der Waals surface area contributed by atoms with Crippen molar-refractivity contribution in [3.8, 4) is 5.75 Å². The Hall–Kier alpha value is -2.72. The quantitative estimate of drug-likeness (QED) is 0.517. The van der Waals surface area contributed by atoms with Crippen LogP contribution in [0.3, 0.4) is 0 Å². The first kappa shape index (κ1) is 20.0. The molecule has 3 aromatic rings. The van der Waals surface area contributed by atoms with Crippen molar-refractivity contribution in [1.82, 2.24) is 0 Å². The standard InChI is InChI=1S/C24H25NO2S/c1-4-21(27-22-16-17(2)14-15-18(22)3)24(26)25-20-12-8-9-13-23(20)28-19-10-6-5-7-11-19/h5-16,21H,4H2,1-3H3,(H,25,26). The number of rotatable bonds is 7. The molecule has 0 radical (unpaired) electrons. The van der Waals surface area contributed by atoms with Crippen LogP contribution < -0.4 is 10.1 Å². The molecule has 0 aromatic heterocycles. The highest BCUT2D eigenvalue weighted by Gasteiger charge is 2.20. The SMILES string of the molecule is CCC(Oc1cc(C)ccc1C)C(=O)Nc1ccccc1Sc1ccccc1. The summed E-state index contributed by atoms with van der Waals surface area (Å²) in [6.45, 7) is 5.97. The smallest absolute Gasteiger partial charge is 0.265 e. The van der Waals surface area contributed by atoms with Gasteiger partial charge < -0.3 is 10.1 Å². The third kappa shape index (κ3) is 5.17. The maximum atomic E-state index is 12.9. The zero-order valence-corrected chi connectivity index (χ0v) is 17.3. The number of para-hydroxylation sites is 1. The van der Waals surface area contributed by atoms with Gasteiger partial charge in [-0.05, 0) is 61.7 Å². The Morgan fingerprint density at radius 1 is 1.00 bits per heavy atom. The topological polar surface area (TPSA) is 38.3 Å². The number of hydrogen-bond acceptors (Lipinski definition) is 3. The lowest BCUT2D eigenvalue weighted by molar-refractivity contribution is -0.122. The predicted octanol–water partition coefficient (Wildman–Crippen LogP) is 6.25. The van der Waals surface area contributed by atoms with Crippen LogP contribution in [0, 0.1) is 13.8 Å². The summed E-state index contributed by atoms with van der Waals surface area (Å²) in [5.74, 6) is 0.624.